The number of hydrogen-bond donors (Lipinski definition) is 2. The number of rotatable bonds is 9. The first-order valence-corrected chi connectivity index (χ1v) is 11.6. The lowest BCUT2D eigenvalue weighted by atomic mass is 10.2. The molecule has 0 aliphatic heterocycles. The number of esters is 1. The molecule has 1 atom stereocenters. The Kier molecular flexibility index (Phi) is 7.66. The van der Waals surface area contributed by atoms with Crippen molar-refractivity contribution in [1.29, 1.82) is 0 Å². The van der Waals surface area contributed by atoms with Gasteiger partial charge < -0.3 is 14.8 Å². The fraction of sp³-hybridized carbons (Fsp3) is 0.130. The average Bonchev–Trinajstić information content (AvgIpc) is 2.84. The summed E-state index contributed by atoms with van der Waals surface area (Å²) in [5.41, 5.74) is 0.277. The molecule has 0 saturated carbocycles. The van der Waals surface area contributed by atoms with Crippen molar-refractivity contribution >= 4 is 39.0 Å². The number of ether oxygens (including phenoxy) is 2. The van der Waals surface area contributed by atoms with Crippen molar-refractivity contribution in [3.05, 3.63) is 88.5 Å². The third kappa shape index (κ3) is 6.32. The van der Waals surface area contributed by atoms with Gasteiger partial charge in [0.15, 0.2) is 6.10 Å². The minimum Gasteiger partial charge on any atom is -0.495 e. The van der Waals surface area contributed by atoms with Crippen LogP contribution in [0.5, 0.6) is 5.75 Å². The first-order chi connectivity index (χ1) is 16.6. The number of hydrogen-bond acceptors (Lipinski definition) is 8. The highest BCUT2D eigenvalue weighted by molar-refractivity contribution is 7.92. The summed E-state index contributed by atoms with van der Waals surface area (Å²) >= 11 is 0. The molecule has 0 spiro atoms. The van der Waals surface area contributed by atoms with E-state index in [2.05, 4.69) is 10.0 Å². The Bertz CT molecular complexity index is 1360. The standard InChI is InChI=1S/C23H21N3O8S/c1-15(22(27)24-17-10-12-18(13-11-17)26(29)30)34-23(28)16-6-5-7-19(14-16)35(31,32)25-20-8-3-4-9-21(20)33-2/h3-15,25H,1-2H3,(H,24,27). The van der Waals surface area contributed by atoms with E-state index in [1.54, 1.807) is 18.2 Å². The number of nitro groups is 1. The van der Waals surface area contributed by atoms with Gasteiger partial charge in [-0.25, -0.2) is 13.2 Å². The Labute approximate surface area is 200 Å². The average molecular weight is 500 g/mol. The van der Waals surface area contributed by atoms with E-state index < -0.39 is 32.9 Å². The Morgan fingerprint density at radius 1 is 1.00 bits per heavy atom. The molecule has 0 heterocycles. The van der Waals surface area contributed by atoms with Crippen molar-refractivity contribution < 1.29 is 32.4 Å². The summed E-state index contributed by atoms with van der Waals surface area (Å²) in [4.78, 5) is 34.9. The van der Waals surface area contributed by atoms with Crippen molar-refractivity contribution in [2.24, 2.45) is 0 Å². The molecule has 11 nitrogen and oxygen atoms in total. The van der Waals surface area contributed by atoms with Crippen molar-refractivity contribution in [1.82, 2.24) is 0 Å². The van der Waals surface area contributed by atoms with Crippen molar-refractivity contribution in [2.75, 3.05) is 17.1 Å². The van der Waals surface area contributed by atoms with Gasteiger partial charge in [-0.05, 0) is 49.4 Å². The number of nitrogens with one attached hydrogen (secondary N) is 2. The summed E-state index contributed by atoms with van der Waals surface area (Å²) in [6.45, 7) is 1.34. The highest BCUT2D eigenvalue weighted by Gasteiger charge is 2.22. The zero-order valence-electron chi connectivity index (χ0n) is 18.6. The Morgan fingerprint density at radius 2 is 1.69 bits per heavy atom. The van der Waals surface area contributed by atoms with Gasteiger partial charge in [-0.3, -0.25) is 19.6 Å². The molecule has 3 aromatic rings. The number of methoxy groups -OCH3 is 1. The van der Waals surface area contributed by atoms with Crippen LogP contribution in [0.3, 0.4) is 0 Å². The van der Waals surface area contributed by atoms with Gasteiger partial charge in [-0.15, -0.1) is 0 Å². The zero-order chi connectivity index (χ0) is 25.6. The highest BCUT2D eigenvalue weighted by Crippen LogP contribution is 2.26. The quantitative estimate of drug-likeness (QED) is 0.257. The Hall–Kier alpha value is -4.45. The Balaban J connectivity index is 1.68. The second-order valence-corrected chi connectivity index (χ2v) is 8.86. The van der Waals surface area contributed by atoms with E-state index in [4.69, 9.17) is 9.47 Å². The van der Waals surface area contributed by atoms with Gasteiger partial charge in [0.25, 0.3) is 21.6 Å². The molecule has 182 valence electrons. The summed E-state index contributed by atoms with van der Waals surface area (Å²) in [7, 11) is -2.66. The number of carbonyl (C=O) groups is 2. The maximum absolute atomic E-state index is 12.8. The fourth-order valence-corrected chi connectivity index (χ4v) is 4.03. The summed E-state index contributed by atoms with van der Waals surface area (Å²) in [6.07, 6.45) is -1.23. The van der Waals surface area contributed by atoms with Gasteiger partial charge >= 0.3 is 5.97 Å². The van der Waals surface area contributed by atoms with Crippen molar-refractivity contribution in [2.45, 2.75) is 17.9 Å². The van der Waals surface area contributed by atoms with Gasteiger partial charge in [0.1, 0.15) is 5.75 Å². The lowest BCUT2D eigenvalue weighted by Gasteiger charge is -2.14. The van der Waals surface area contributed by atoms with E-state index in [0.29, 0.717) is 5.75 Å². The lowest BCUT2D eigenvalue weighted by Crippen LogP contribution is -2.30. The van der Waals surface area contributed by atoms with Crippen LogP contribution in [0.4, 0.5) is 17.1 Å². The van der Waals surface area contributed by atoms with Gasteiger partial charge in [0, 0.05) is 17.8 Å². The Morgan fingerprint density at radius 3 is 2.34 bits per heavy atom. The third-order valence-electron chi connectivity index (χ3n) is 4.73. The number of benzene rings is 3. The second kappa shape index (κ2) is 10.7. The smallest absolute Gasteiger partial charge is 0.338 e. The number of non-ortho nitro benzene ring substituents is 1. The number of amides is 1. The van der Waals surface area contributed by atoms with Gasteiger partial charge in [0.2, 0.25) is 0 Å². The molecule has 0 bridgehead atoms. The van der Waals surface area contributed by atoms with E-state index in [-0.39, 0.29) is 27.5 Å². The van der Waals surface area contributed by atoms with Crippen LogP contribution in [-0.4, -0.2) is 38.4 Å². The van der Waals surface area contributed by atoms with Crippen LogP contribution in [-0.2, 0) is 19.6 Å². The zero-order valence-corrected chi connectivity index (χ0v) is 19.4. The molecule has 2 N–H and O–H groups in total. The first-order valence-electron chi connectivity index (χ1n) is 10.1. The van der Waals surface area contributed by atoms with Crippen LogP contribution in [0.15, 0.2) is 77.7 Å². The minimum atomic E-state index is -4.06. The van der Waals surface area contributed by atoms with Gasteiger partial charge in [-0.2, -0.15) is 0 Å². The molecular formula is C23H21N3O8S. The number of anilines is 2. The molecule has 0 fully saturated rings. The number of sulfonamides is 1. The van der Waals surface area contributed by atoms with E-state index in [9.17, 15) is 28.1 Å². The van der Waals surface area contributed by atoms with Crippen LogP contribution in [0, 0.1) is 10.1 Å². The molecule has 0 saturated heterocycles. The molecule has 3 aromatic carbocycles. The summed E-state index contributed by atoms with van der Waals surface area (Å²) < 4.78 is 38.4. The molecule has 0 aromatic heterocycles. The van der Waals surface area contributed by atoms with Crippen LogP contribution < -0.4 is 14.8 Å². The van der Waals surface area contributed by atoms with Crippen LogP contribution in [0.2, 0.25) is 0 Å². The number of carbonyl (C=O) groups excluding carboxylic acids is 2. The normalized spacial score (nSPS) is 11.7. The van der Waals surface area contributed by atoms with Crippen molar-refractivity contribution in [3.63, 3.8) is 0 Å². The lowest BCUT2D eigenvalue weighted by molar-refractivity contribution is -0.384. The van der Waals surface area contributed by atoms with E-state index in [1.165, 1.54) is 62.6 Å². The summed E-state index contributed by atoms with van der Waals surface area (Å²) in [6, 6.07) is 16.7. The molecule has 35 heavy (non-hydrogen) atoms. The van der Waals surface area contributed by atoms with E-state index in [1.807, 2.05) is 0 Å². The molecular weight excluding hydrogens is 478 g/mol. The molecule has 0 radical (unpaired) electrons. The molecule has 3 rings (SSSR count). The molecule has 0 aliphatic rings. The first kappa shape index (κ1) is 25.2. The maximum Gasteiger partial charge on any atom is 0.338 e. The van der Waals surface area contributed by atoms with Crippen LogP contribution in [0.1, 0.15) is 17.3 Å². The molecule has 12 heteroatoms. The maximum atomic E-state index is 12.8. The number of para-hydroxylation sites is 2. The minimum absolute atomic E-state index is 0.0807. The number of nitro benzene ring substituents is 1. The fourth-order valence-electron chi connectivity index (χ4n) is 2.92. The molecule has 1 amide bonds. The predicted octanol–water partition coefficient (Wildman–Crippen LogP) is 3.59. The largest absolute Gasteiger partial charge is 0.495 e. The molecule has 0 aliphatic carbocycles. The SMILES string of the molecule is COc1ccccc1NS(=O)(=O)c1cccc(C(=O)OC(C)C(=O)Nc2ccc([N+](=O)[O-])cc2)c1. The van der Waals surface area contributed by atoms with E-state index in [0.717, 1.165) is 6.07 Å². The second-order valence-electron chi connectivity index (χ2n) is 7.17. The highest BCUT2D eigenvalue weighted by atomic mass is 32.2. The monoisotopic (exact) mass is 499 g/mol. The third-order valence-corrected chi connectivity index (χ3v) is 6.09. The van der Waals surface area contributed by atoms with Crippen LogP contribution >= 0.6 is 0 Å². The van der Waals surface area contributed by atoms with Gasteiger partial charge in [0.05, 0.1) is 28.2 Å². The van der Waals surface area contributed by atoms with Crippen molar-refractivity contribution in [3.8, 4) is 5.75 Å². The number of nitrogens with zero attached hydrogens (tertiary/aromatic N) is 1. The van der Waals surface area contributed by atoms with E-state index >= 15 is 0 Å². The topological polar surface area (TPSA) is 154 Å². The summed E-state index contributed by atoms with van der Waals surface area (Å²) in [5.74, 6) is -1.26. The van der Waals surface area contributed by atoms with Crippen LogP contribution in [0.25, 0.3) is 0 Å². The summed E-state index contributed by atoms with van der Waals surface area (Å²) in [5, 5.41) is 13.2. The predicted molar refractivity (Wildman–Crippen MR) is 127 cm³/mol. The van der Waals surface area contributed by atoms with Gasteiger partial charge in [-0.1, -0.05) is 18.2 Å². The molecule has 1 unspecified atom stereocenters.